The first-order chi connectivity index (χ1) is 13.9. The maximum atomic E-state index is 11.6. The van der Waals surface area contributed by atoms with Crippen LogP contribution in [-0.2, 0) is 6.42 Å². The monoisotopic (exact) mass is 407 g/mol. The molecule has 3 nitrogen and oxygen atoms in total. The number of phenols is 1. The van der Waals surface area contributed by atoms with Gasteiger partial charge in [-0.05, 0) is 91.7 Å². The van der Waals surface area contributed by atoms with E-state index in [9.17, 15) is 10.2 Å². The molecule has 0 amide bonds. The lowest BCUT2D eigenvalue weighted by atomic mass is 9.53. The fraction of sp³-hybridized carbons (Fsp3) is 0.480. The van der Waals surface area contributed by atoms with Gasteiger partial charge in [-0.2, -0.15) is 0 Å². The quantitative estimate of drug-likeness (QED) is 0.473. The normalized spacial score (nSPS) is 35.1. The molecule has 3 aliphatic rings. The molecule has 0 bridgehead atoms. The molecule has 2 aromatic rings. The second-order valence-corrected chi connectivity index (χ2v) is 9.66. The third kappa shape index (κ3) is 2.97. The van der Waals surface area contributed by atoms with E-state index in [1.807, 2.05) is 18.2 Å². The number of nitrogens with zero attached hydrogens (tertiary/aromatic N) is 1. The van der Waals surface area contributed by atoms with E-state index in [1.54, 1.807) is 12.3 Å². The Morgan fingerprint density at radius 2 is 2.00 bits per heavy atom. The van der Waals surface area contributed by atoms with Gasteiger partial charge in [0.25, 0.3) is 0 Å². The highest BCUT2D eigenvalue weighted by Gasteiger charge is 2.61. The average Bonchev–Trinajstić information content (AvgIpc) is 2.98. The van der Waals surface area contributed by atoms with Crippen molar-refractivity contribution < 1.29 is 10.2 Å². The highest BCUT2D eigenvalue weighted by molar-refractivity contribution is 6.29. The van der Waals surface area contributed by atoms with E-state index in [1.165, 1.54) is 11.1 Å². The van der Waals surface area contributed by atoms with Crippen molar-refractivity contribution in [1.82, 2.24) is 4.98 Å². The second kappa shape index (κ2) is 6.76. The first-order valence-electron chi connectivity index (χ1n) is 10.6. The van der Waals surface area contributed by atoms with Crippen molar-refractivity contribution in [1.29, 1.82) is 0 Å². The zero-order chi connectivity index (χ0) is 20.2. The lowest BCUT2D eigenvalue weighted by Crippen LogP contribution is -2.50. The summed E-state index contributed by atoms with van der Waals surface area (Å²) < 4.78 is 0. The van der Waals surface area contributed by atoms with Gasteiger partial charge in [0.05, 0.1) is 0 Å². The van der Waals surface area contributed by atoms with Crippen LogP contribution in [0.4, 0.5) is 0 Å². The van der Waals surface area contributed by atoms with Gasteiger partial charge in [-0.1, -0.05) is 36.4 Å². The Balaban J connectivity index is 1.44. The minimum absolute atomic E-state index is 0.185. The van der Waals surface area contributed by atoms with Gasteiger partial charge in [-0.25, -0.2) is 4.98 Å². The molecule has 0 unspecified atom stereocenters. The molecule has 2 saturated carbocycles. The smallest absolute Gasteiger partial charge is 0.131 e. The second-order valence-electron chi connectivity index (χ2n) is 9.27. The van der Waals surface area contributed by atoms with Crippen LogP contribution in [0.1, 0.15) is 61.6 Å². The van der Waals surface area contributed by atoms with Crippen LogP contribution < -0.4 is 0 Å². The Bertz CT molecular complexity index is 1010. The predicted molar refractivity (Wildman–Crippen MR) is 114 cm³/mol. The number of rotatable bonds is 0. The van der Waals surface area contributed by atoms with Gasteiger partial charge in [0.2, 0.25) is 0 Å². The van der Waals surface area contributed by atoms with Crippen LogP contribution in [0.2, 0.25) is 5.15 Å². The van der Waals surface area contributed by atoms with E-state index in [0.717, 1.165) is 44.1 Å². The summed E-state index contributed by atoms with van der Waals surface area (Å²) in [6.45, 7) is 2.25. The lowest BCUT2D eigenvalue weighted by Gasteiger charge is -2.52. The van der Waals surface area contributed by atoms with Gasteiger partial charge in [-0.3, -0.25) is 0 Å². The van der Waals surface area contributed by atoms with E-state index in [2.05, 4.69) is 29.8 Å². The number of benzene rings is 1. The van der Waals surface area contributed by atoms with Crippen LogP contribution in [0.15, 0.2) is 36.5 Å². The largest absolute Gasteiger partial charge is 0.508 e. The van der Waals surface area contributed by atoms with Crippen LogP contribution in [0.5, 0.6) is 5.75 Å². The highest BCUT2D eigenvalue weighted by Crippen LogP contribution is 2.64. The topological polar surface area (TPSA) is 53.4 Å². The molecule has 2 N–H and O–H groups in total. The molecule has 0 radical (unpaired) electrons. The van der Waals surface area contributed by atoms with Gasteiger partial charge < -0.3 is 10.2 Å². The number of aryl methyl sites for hydroxylation is 1. The number of aromatic hydroxyl groups is 1. The summed E-state index contributed by atoms with van der Waals surface area (Å²) in [4.78, 5) is 4.09. The molecule has 4 heteroatoms. The first kappa shape index (κ1) is 19.0. The summed E-state index contributed by atoms with van der Waals surface area (Å²) in [6.07, 6.45) is 7.61. The third-order valence-electron chi connectivity index (χ3n) is 8.00. The molecule has 1 aromatic carbocycles. The third-order valence-corrected chi connectivity index (χ3v) is 8.23. The molecule has 150 valence electrons. The zero-order valence-corrected chi connectivity index (χ0v) is 17.4. The molecule has 3 aliphatic carbocycles. The Kier molecular flexibility index (Phi) is 4.42. The van der Waals surface area contributed by atoms with Gasteiger partial charge in [0, 0.05) is 17.2 Å². The minimum atomic E-state index is -0.961. The number of fused-ring (bicyclic) bond motifs is 5. The van der Waals surface area contributed by atoms with E-state index in [4.69, 9.17) is 11.6 Å². The summed E-state index contributed by atoms with van der Waals surface area (Å²) in [5.41, 5.74) is 2.36. The molecular formula is C25H26ClNO2. The molecule has 5 atom stereocenters. The van der Waals surface area contributed by atoms with Crippen molar-refractivity contribution in [2.24, 2.45) is 17.3 Å². The van der Waals surface area contributed by atoms with Gasteiger partial charge >= 0.3 is 0 Å². The number of aliphatic hydroxyl groups is 1. The van der Waals surface area contributed by atoms with Crippen molar-refractivity contribution >= 4 is 11.6 Å². The van der Waals surface area contributed by atoms with Crippen molar-refractivity contribution in [3.05, 3.63) is 58.4 Å². The molecular weight excluding hydrogens is 382 g/mol. The number of hydrogen-bond donors (Lipinski definition) is 2. The minimum Gasteiger partial charge on any atom is -0.508 e. The molecule has 5 rings (SSSR count). The standard InChI is InChI=1S/C25H26ClNO2/c1-24-11-9-20-19-6-4-18(28)14-17(19)3-5-21(20)22(24)10-13-25(24,29)12-8-16-2-7-23(26)27-15-16/h2,4,6-7,14-15,20-22,28-29H,3,5,9-11,13H2,1H3/t20-,21-,22+,24+,25+/m1/s1. The van der Waals surface area contributed by atoms with E-state index in [0.29, 0.717) is 28.7 Å². The number of aromatic nitrogens is 1. The molecule has 29 heavy (non-hydrogen) atoms. The fourth-order valence-electron chi connectivity index (χ4n) is 6.42. The number of pyridine rings is 1. The Morgan fingerprint density at radius 1 is 1.14 bits per heavy atom. The number of hydrogen-bond acceptors (Lipinski definition) is 3. The first-order valence-corrected chi connectivity index (χ1v) is 11.0. The predicted octanol–water partition coefficient (Wildman–Crippen LogP) is 5.08. The van der Waals surface area contributed by atoms with Crippen molar-refractivity contribution in [2.75, 3.05) is 0 Å². The van der Waals surface area contributed by atoms with Crippen molar-refractivity contribution in [3.63, 3.8) is 0 Å². The fourth-order valence-corrected chi connectivity index (χ4v) is 6.53. The van der Waals surface area contributed by atoms with Crippen LogP contribution in [0.3, 0.4) is 0 Å². The number of phenolic OH excluding ortho intramolecular Hbond substituents is 1. The molecule has 0 spiro atoms. The maximum absolute atomic E-state index is 11.6. The van der Waals surface area contributed by atoms with Crippen LogP contribution >= 0.6 is 11.6 Å². The highest BCUT2D eigenvalue weighted by atomic mass is 35.5. The van der Waals surface area contributed by atoms with Crippen LogP contribution in [0.25, 0.3) is 0 Å². The van der Waals surface area contributed by atoms with Crippen molar-refractivity contribution in [3.8, 4) is 17.6 Å². The maximum Gasteiger partial charge on any atom is 0.131 e. The SMILES string of the molecule is C[C@]12CC[C@@H]3c4ccc(O)cc4CC[C@H]3[C@@H]1CC[C@@]2(O)C#Cc1ccc(Cl)nc1. The summed E-state index contributed by atoms with van der Waals surface area (Å²) >= 11 is 5.87. The van der Waals surface area contributed by atoms with Gasteiger partial charge in [0.1, 0.15) is 16.5 Å². The summed E-state index contributed by atoms with van der Waals surface area (Å²) in [5.74, 6) is 8.36. The zero-order valence-electron chi connectivity index (χ0n) is 16.7. The average molecular weight is 408 g/mol. The molecule has 1 aromatic heterocycles. The van der Waals surface area contributed by atoms with Gasteiger partial charge in [-0.15, -0.1) is 0 Å². The number of halogens is 1. The molecule has 0 aliphatic heterocycles. The van der Waals surface area contributed by atoms with Crippen LogP contribution in [0, 0.1) is 29.1 Å². The summed E-state index contributed by atoms with van der Waals surface area (Å²) in [5, 5.41) is 21.9. The van der Waals surface area contributed by atoms with Gasteiger partial charge in [0.15, 0.2) is 0 Å². The summed E-state index contributed by atoms with van der Waals surface area (Å²) in [7, 11) is 0. The van der Waals surface area contributed by atoms with E-state index in [-0.39, 0.29) is 5.41 Å². The Labute approximate surface area is 177 Å². The summed E-state index contributed by atoms with van der Waals surface area (Å²) in [6, 6.07) is 9.47. The van der Waals surface area contributed by atoms with Crippen molar-refractivity contribution in [2.45, 2.75) is 57.0 Å². The molecule has 2 fully saturated rings. The molecule has 1 heterocycles. The van der Waals surface area contributed by atoms with E-state index < -0.39 is 5.60 Å². The molecule has 0 saturated heterocycles. The van der Waals surface area contributed by atoms with E-state index >= 15 is 0 Å². The lowest BCUT2D eigenvalue weighted by molar-refractivity contribution is -0.0647. The van der Waals surface area contributed by atoms with Crippen LogP contribution in [-0.4, -0.2) is 20.8 Å². The Hall–Kier alpha value is -2.02. The Morgan fingerprint density at radius 3 is 2.79 bits per heavy atom.